The Bertz CT molecular complexity index is 1290. The van der Waals surface area contributed by atoms with Crippen molar-refractivity contribution < 1.29 is 19.4 Å². The second-order valence-electron chi connectivity index (χ2n) is 8.38. The number of urea groups is 1. The summed E-state index contributed by atoms with van der Waals surface area (Å²) in [6.07, 6.45) is 1.88. The normalized spacial score (nSPS) is 16.3. The van der Waals surface area contributed by atoms with Crippen LogP contribution in [-0.2, 0) is 6.54 Å². The molecule has 0 radical (unpaired) electrons. The van der Waals surface area contributed by atoms with Gasteiger partial charge in [0.1, 0.15) is 12.4 Å². The van der Waals surface area contributed by atoms with Crippen molar-refractivity contribution in [3.63, 3.8) is 0 Å². The van der Waals surface area contributed by atoms with Crippen LogP contribution in [0.4, 0.5) is 15.5 Å². The van der Waals surface area contributed by atoms with Crippen LogP contribution < -0.4 is 10.1 Å². The van der Waals surface area contributed by atoms with Crippen molar-refractivity contribution in [2.75, 3.05) is 31.6 Å². The highest BCUT2D eigenvalue weighted by atomic mass is 16.5. The number of nitrogens with one attached hydrogen (secondary N) is 2. The Morgan fingerprint density at radius 2 is 2.00 bits per heavy atom. The Balaban J connectivity index is 1.37. The molecule has 1 saturated heterocycles. The minimum atomic E-state index is -1.21. The summed E-state index contributed by atoms with van der Waals surface area (Å²) in [6.45, 7) is 2.51. The van der Waals surface area contributed by atoms with E-state index in [9.17, 15) is 9.59 Å². The second-order valence-corrected chi connectivity index (χ2v) is 8.38. The average Bonchev–Trinajstić information content (AvgIpc) is 3.11. The number of imidazole rings is 1. The maximum atomic E-state index is 13.1. The van der Waals surface area contributed by atoms with Gasteiger partial charge >= 0.3 is 12.1 Å². The fraction of sp³-hybridized carbons (Fsp3) is 0.348. The molecule has 0 aliphatic carbocycles. The van der Waals surface area contributed by atoms with Gasteiger partial charge in [0, 0.05) is 36.3 Å². The number of nitrogens with zero attached hydrogens (tertiary/aromatic N) is 5. The van der Waals surface area contributed by atoms with E-state index in [2.05, 4.69) is 26.3 Å². The lowest BCUT2D eigenvalue weighted by atomic mass is 9.99. The number of benzene rings is 1. The number of hydrogen-bond donors (Lipinski definition) is 3. The van der Waals surface area contributed by atoms with E-state index in [1.54, 1.807) is 11.1 Å². The summed E-state index contributed by atoms with van der Waals surface area (Å²) < 4.78 is 5.90. The summed E-state index contributed by atoms with van der Waals surface area (Å²) >= 11 is 0. The number of pyridine rings is 1. The molecular formula is C23H23N7O4. The molecule has 11 nitrogen and oxygen atoms in total. The number of aromatic nitrogens is 3. The van der Waals surface area contributed by atoms with Crippen LogP contribution in [0.3, 0.4) is 0 Å². The van der Waals surface area contributed by atoms with Gasteiger partial charge in [-0.2, -0.15) is 10.2 Å². The molecule has 0 atom stereocenters. The van der Waals surface area contributed by atoms with E-state index in [1.807, 2.05) is 29.2 Å². The molecule has 2 aromatic heterocycles. The molecule has 5 rings (SSSR count). The van der Waals surface area contributed by atoms with Gasteiger partial charge in [-0.3, -0.25) is 5.32 Å². The molecule has 1 aromatic carbocycles. The zero-order valence-corrected chi connectivity index (χ0v) is 18.3. The Kier molecular flexibility index (Phi) is 5.63. The average molecular weight is 461 g/mol. The number of nitriles is 1. The molecule has 3 aromatic rings. The fourth-order valence-electron chi connectivity index (χ4n) is 4.36. The lowest BCUT2D eigenvalue weighted by Crippen LogP contribution is -2.46. The third-order valence-corrected chi connectivity index (χ3v) is 6.16. The lowest BCUT2D eigenvalue weighted by Gasteiger charge is -2.33. The maximum Gasteiger partial charge on any atom is 0.411 e. The first-order chi connectivity index (χ1) is 16.5. The van der Waals surface area contributed by atoms with Crippen molar-refractivity contribution >= 4 is 29.2 Å². The van der Waals surface area contributed by atoms with Crippen molar-refractivity contribution in [2.45, 2.75) is 19.4 Å². The monoisotopic (exact) mass is 461 g/mol. The summed E-state index contributed by atoms with van der Waals surface area (Å²) in [5, 5.41) is 20.2. The molecule has 3 N–H and O–H groups in total. The highest BCUT2D eigenvalue weighted by Gasteiger charge is 2.28. The van der Waals surface area contributed by atoms with Crippen LogP contribution >= 0.6 is 0 Å². The molecule has 0 unspecified atom stereocenters. The van der Waals surface area contributed by atoms with Gasteiger partial charge < -0.3 is 24.6 Å². The smallest absolute Gasteiger partial charge is 0.411 e. The van der Waals surface area contributed by atoms with Gasteiger partial charge in [0.15, 0.2) is 5.65 Å². The van der Waals surface area contributed by atoms with Crippen molar-refractivity contribution in [1.82, 2.24) is 24.8 Å². The van der Waals surface area contributed by atoms with Gasteiger partial charge in [-0.15, -0.1) is 0 Å². The molecule has 1 fully saturated rings. The van der Waals surface area contributed by atoms with Crippen LogP contribution in [0.1, 0.15) is 18.4 Å². The van der Waals surface area contributed by atoms with E-state index in [-0.39, 0.29) is 17.9 Å². The number of carbonyl (C=O) groups is 2. The van der Waals surface area contributed by atoms with Crippen molar-refractivity contribution in [3.05, 3.63) is 36.0 Å². The summed E-state index contributed by atoms with van der Waals surface area (Å²) in [7, 11) is 0. The first-order valence-electron chi connectivity index (χ1n) is 11.1. The standard InChI is InChI=1S/C23H23N7O4/c24-11-14-3-5-29(6-4-14)23(33)30-7-8-34-19-2-1-15(9-17(19)13-30)16-10-18-20(25-12-16)27-21(26-18)28-22(31)32/h1-2,9-10,12,14H,3-8,13H2,(H,31,32)(H2,25,26,27,28). The highest BCUT2D eigenvalue weighted by molar-refractivity contribution is 5.85. The first kappa shape index (κ1) is 21.5. The van der Waals surface area contributed by atoms with Crippen molar-refractivity contribution in [1.29, 1.82) is 5.26 Å². The van der Waals surface area contributed by atoms with Crippen LogP contribution in [0.25, 0.3) is 22.3 Å². The number of likely N-dealkylation sites (tertiary alicyclic amines) is 1. The molecule has 174 valence electrons. The Morgan fingerprint density at radius 1 is 1.18 bits per heavy atom. The van der Waals surface area contributed by atoms with Crippen LogP contribution in [0.5, 0.6) is 5.75 Å². The number of amides is 3. The summed E-state index contributed by atoms with van der Waals surface area (Å²) in [6, 6.07) is 9.92. The number of hydrogen-bond acceptors (Lipinski definition) is 6. The Hall–Kier alpha value is -4.33. The number of piperidine rings is 1. The second kappa shape index (κ2) is 8.90. The van der Waals surface area contributed by atoms with Crippen molar-refractivity contribution in [2.24, 2.45) is 5.92 Å². The topological polar surface area (TPSA) is 147 Å². The van der Waals surface area contributed by atoms with E-state index in [0.29, 0.717) is 56.8 Å². The minimum Gasteiger partial charge on any atom is -0.491 e. The number of aromatic amines is 1. The Morgan fingerprint density at radius 3 is 2.76 bits per heavy atom. The summed E-state index contributed by atoms with van der Waals surface area (Å²) in [5.74, 6) is 0.873. The first-order valence-corrected chi connectivity index (χ1v) is 11.1. The SMILES string of the molecule is N#CC1CCN(C(=O)N2CCOc3ccc(-c4cnc5nc(NC(=O)O)[nH]c5c4)cc3C2)CC1. The number of anilines is 1. The van der Waals surface area contributed by atoms with E-state index in [1.165, 1.54) is 0 Å². The third kappa shape index (κ3) is 4.30. The van der Waals surface area contributed by atoms with E-state index in [4.69, 9.17) is 15.1 Å². The maximum absolute atomic E-state index is 13.1. The predicted octanol–water partition coefficient (Wildman–Crippen LogP) is 3.26. The number of rotatable bonds is 2. The number of ether oxygens (including phenoxy) is 1. The molecule has 2 aliphatic rings. The highest BCUT2D eigenvalue weighted by Crippen LogP contribution is 2.31. The largest absolute Gasteiger partial charge is 0.491 e. The molecule has 34 heavy (non-hydrogen) atoms. The summed E-state index contributed by atoms with van der Waals surface area (Å²) in [5.41, 5.74) is 3.62. The molecule has 0 bridgehead atoms. The van der Waals surface area contributed by atoms with E-state index in [0.717, 1.165) is 22.4 Å². The third-order valence-electron chi connectivity index (χ3n) is 6.16. The molecule has 3 amide bonds. The van der Waals surface area contributed by atoms with E-state index >= 15 is 0 Å². The molecule has 0 spiro atoms. The summed E-state index contributed by atoms with van der Waals surface area (Å²) in [4.78, 5) is 39.0. The van der Waals surface area contributed by atoms with Crippen LogP contribution in [-0.4, -0.2) is 68.2 Å². The number of carboxylic acid groups (broad SMARTS) is 1. The quantitative estimate of drug-likeness (QED) is 0.530. The van der Waals surface area contributed by atoms with Crippen LogP contribution in [0, 0.1) is 17.2 Å². The van der Waals surface area contributed by atoms with Crippen LogP contribution in [0.2, 0.25) is 0 Å². The number of H-pyrrole nitrogens is 1. The molecule has 0 saturated carbocycles. The van der Waals surface area contributed by atoms with Gasteiger partial charge in [0.25, 0.3) is 0 Å². The predicted molar refractivity (Wildman–Crippen MR) is 122 cm³/mol. The van der Waals surface area contributed by atoms with Crippen LogP contribution in [0.15, 0.2) is 30.5 Å². The molecule has 11 heteroatoms. The van der Waals surface area contributed by atoms with Crippen molar-refractivity contribution in [3.8, 4) is 22.9 Å². The molecule has 2 aliphatic heterocycles. The zero-order valence-electron chi connectivity index (χ0n) is 18.3. The van der Waals surface area contributed by atoms with Gasteiger partial charge in [0.05, 0.1) is 24.7 Å². The minimum absolute atomic E-state index is 0.0246. The van der Waals surface area contributed by atoms with E-state index < -0.39 is 6.09 Å². The molecule has 4 heterocycles. The van der Waals surface area contributed by atoms with Gasteiger partial charge in [-0.05, 0) is 36.6 Å². The van der Waals surface area contributed by atoms with Gasteiger partial charge in [0.2, 0.25) is 5.95 Å². The Labute approximate surface area is 195 Å². The molecular weight excluding hydrogens is 438 g/mol. The van der Waals surface area contributed by atoms with Gasteiger partial charge in [-0.1, -0.05) is 6.07 Å². The number of carbonyl (C=O) groups excluding carboxylic acids is 1. The fourth-order valence-corrected chi connectivity index (χ4v) is 4.36. The lowest BCUT2D eigenvalue weighted by molar-refractivity contribution is 0.132. The number of fused-ring (bicyclic) bond motifs is 2. The van der Waals surface area contributed by atoms with Gasteiger partial charge in [-0.25, -0.2) is 14.6 Å². The zero-order chi connectivity index (χ0) is 23.7.